The second kappa shape index (κ2) is 3.71. The molecule has 11 heavy (non-hydrogen) atoms. The van der Waals surface area contributed by atoms with E-state index in [4.69, 9.17) is 5.73 Å². The van der Waals surface area contributed by atoms with E-state index >= 15 is 0 Å². The number of hydrogen-bond donors (Lipinski definition) is 1. The summed E-state index contributed by atoms with van der Waals surface area (Å²) < 4.78 is 34.9. The van der Waals surface area contributed by atoms with Crippen molar-refractivity contribution in [1.82, 2.24) is 0 Å². The van der Waals surface area contributed by atoms with E-state index in [-0.39, 0.29) is 0 Å². The molecule has 2 N–H and O–H groups in total. The minimum absolute atomic E-state index is 0.330. The zero-order valence-electron chi connectivity index (χ0n) is 6.06. The molecule has 0 aliphatic carbocycles. The van der Waals surface area contributed by atoms with Gasteiger partial charge in [0.05, 0.1) is 6.04 Å². The number of aldehydes is 1. The quantitative estimate of drug-likeness (QED) is 0.643. The standard InChI is InChI=1S/C6H10F3NO/c1-4(5(10)3-11)2-6(7,8)9/h3-5H,2,10H2,1H3/t4-,5+/m0/s1. The molecule has 0 unspecified atom stereocenters. The zero-order valence-corrected chi connectivity index (χ0v) is 6.06. The highest BCUT2D eigenvalue weighted by Crippen LogP contribution is 2.25. The fraction of sp³-hybridized carbons (Fsp3) is 0.833. The molecule has 2 nitrogen and oxygen atoms in total. The topological polar surface area (TPSA) is 43.1 Å². The van der Waals surface area contributed by atoms with E-state index in [9.17, 15) is 18.0 Å². The molecule has 0 spiro atoms. The average molecular weight is 169 g/mol. The highest BCUT2D eigenvalue weighted by molar-refractivity contribution is 5.57. The Morgan fingerprint density at radius 2 is 2.00 bits per heavy atom. The maximum Gasteiger partial charge on any atom is 0.389 e. The van der Waals surface area contributed by atoms with Crippen molar-refractivity contribution in [3.05, 3.63) is 0 Å². The fourth-order valence-electron chi connectivity index (χ4n) is 0.635. The van der Waals surface area contributed by atoms with Crippen LogP contribution in [0.1, 0.15) is 13.3 Å². The van der Waals surface area contributed by atoms with Crippen molar-refractivity contribution in [3.8, 4) is 0 Å². The third-order valence-corrected chi connectivity index (χ3v) is 1.37. The van der Waals surface area contributed by atoms with Crippen LogP contribution < -0.4 is 5.73 Å². The largest absolute Gasteiger partial charge is 0.389 e. The van der Waals surface area contributed by atoms with Gasteiger partial charge < -0.3 is 10.5 Å². The summed E-state index contributed by atoms with van der Waals surface area (Å²) in [6.45, 7) is 1.30. The molecule has 0 saturated carbocycles. The molecule has 66 valence electrons. The predicted octanol–water partition coefficient (Wildman–Crippen LogP) is 1.10. The van der Waals surface area contributed by atoms with Crippen LogP contribution in [0.15, 0.2) is 0 Å². The lowest BCUT2D eigenvalue weighted by molar-refractivity contribution is -0.145. The first-order chi connectivity index (χ1) is 4.87. The van der Waals surface area contributed by atoms with Crippen LogP contribution in [-0.4, -0.2) is 18.5 Å². The summed E-state index contributed by atoms with van der Waals surface area (Å²) in [5.74, 6) is -0.840. The first-order valence-corrected chi connectivity index (χ1v) is 3.14. The Morgan fingerprint density at radius 3 is 2.27 bits per heavy atom. The summed E-state index contributed by atoms with van der Waals surface area (Å²) in [6, 6.07) is -1.02. The number of rotatable bonds is 3. The maximum absolute atomic E-state index is 11.6. The summed E-state index contributed by atoms with van der Waals surface area (Å²) >= 11 is 0. The maximum atomic E-state index is 11.6. The molecular weight excluding hydrogens is 159 g/mol. The van der Waals surface area contributed by atoms with Crippen LogP contribution in [0.2, 0.25) is 0 Å². The summed E-state index contributed by atoms with van der Waals surface area (Å²) in [6.07, 6.45) is -4.91. The van der Waals surface area contributed by atoms with Crippen LogP contribution in [0.5, 0.6) is 0 Å². The molecule has 0 amide bonds. The van der Waals surface area contributed by atoms with Gasteiger partial charge in [0.25, 0.3) is 0 Å². The molecule has 0 heterocycles. The number of hydrogen-bond acceptors (Lipinski definition) is 2. The summed E-state index contributed by atoms with van der Waals surface area (Å²) in [7, 11) is 0. The van der Waals surface area contributed by atoms with Gasteiger partial charge >= 0.3 is 6.18 Å². The minimum atomic E-state index is -4.24. The van der Waals surface area contributed by atoms with Crippen molar-refractivity contribution in [2.24, 2.45) is 11.7 Å². The summed E-state index contributed by atoms with van der Waals surface area (Å²) in [5, 5.41) is 0. The molecular formula is C6H10F3NO. The van der Waals surface area contributed by atoms with E-state index < -0.39 is 24.6 Å². The Balaban J connectivity index is 3.86. The highest BCUT2D eigenvalue weighted by atomic mass is 19.4. The van der Waals surface area contributed by atoms with Crippen molar-refractivity contribution in [2.75, 3.05) is 0 Å². The molecule has 0 radical (unpaired) electrons. The minimum Gasteiger partial charge on any atom is -0.322 e. The van der Waals surface area contributed by atoms with Gasteiger partial charge in [0.1, 0.15) is 6.29 Å². The van der Waals surface area contributed by atoms with Gasteiger partial charge in [-0.1, -0.05) is 6.92 Å². The summed E-state index contributed by atoms with van der Waals surface area (Å²) in [4.78, 5) is 9.94. The van der Waals surface area contributed by atoms with Crippen LogP contribution in [0.3, 0.4) is 0 Å². The number of alkyl halides is 3. The molecule has 0 rings (SSSR count). The van der Waals surface area contributed by atoms with E-state index in [0.29, 0.717) is 6.29 Å². The van der Waals surface area contributed by atoms with E-state index in [1.807, 2.05) is 0 Å². The normalized spacial score (nSPS) is 17.5. The molecule has 0 saturated heterocycles. The van der Waals surface area contributed by atoms with Crippen LogP contribution in [0, 0.1) is 5.92 Å². The SMILES string of the molecule is C[C@@H](CC(F)(F)F)[C@H](N)C=O. The Kier molecular flexibility index (Phi) is 3.51. The Hall–Kier alpha value is -0.580. The van der Waals surface area contributed by atoms with Gasteiger partial charge in [-0.25, -0.2) is 0 Å². The molecule has 0 aromatic carbocycles. The van der Waals surface area contributed by atoms with Crippen molar-refractivity contribution in [2.45, 2.75) is 25.6 Å². The monoisotopic (exact) mass is 169 g/mol. The number of halogens is 3. The van der Waals surface area contributed by atoms with Crippen LogP contribution in [-0.2, 0) is 4.79 Å². The van der Waals surface area contributed by atoms with E-state index in [2.05, 4.69) is 0 Å². The molecule has 0 aliphatic heterocycles. The lowest BCUT2D eigenvalue weighted by Crippen LogP contribution is -2.32. The third kappa shape index (κ3) is 4.78. The third-order valence-electron chi connectivity index (χ3n) is 1.37. The first-order valence-electron chi connectivity index (χ1n) is 3.14. The molecule has 0 aliphatic rings. The molecule has 5 heteroatoms. The Morgan fingerprint density at radius 1 is 1.55 bits per heavy atom. The van der Waals surface area contributed by atoms with Gasteiger partial charge in [-0.2, -0.15) is 13.2 Å². The predicted molar refractivity (Wildman–Crippen MR) is 33.9 cm³/mol. The van der Waals surface area contributed by atoms with Gasteiger partial charge in [-0.15, -0.1) is 0 Å². The first kappa shape index (κ1) is 10.4. The number of carbonyl (C=O) groups is 1. The van der Waals surface area contributed by atoms with Gasteiger partial charge in [0.15, 0.2) is 0 Å². The smallest absolute Gasteiger partial charge is 0.322 e. The van der Waals surface area contributed by atoms with Crippen LogP contribution in [0.4, 0.5) is 13.2 Å². The van der Waals surface area contributed by atoms with Crippen molar-refractivity contribution < 1.29 is 18.0 Å². The second-order valence-electron chi connectivity index (χ2n) is 2.51. The van der Waals surface area contributed by atoms with Crippen LogP contribution >= 0.6 is 0 Å². The molecule has 2 atom stereocenters. The molecule has 0 aromatic rings. The van der Waals surface area contributed by atoms with Crippen LogP contribution in [0.25, 0.3) is 0 Å². The lowest BCUT2D eigenvalue weighted by atomic mass is 10.0. The number of nitrogens with two attached hydrogens (primary N) is 1. The average Bonchev–Trinajstić information content (AvgIpc) is 1.82. The van der Waals surface area contributed by atoms with E-state index in [0.717, 1.165) is 0 Å². The van der Waals surface area contributed by atoms with E-state index in [1.165, 1.54) is 6.92 Å². The summed E-state index contributed by atoms with van der Waals surface area (Å²) in [5.41, 5.74) is 5.06. The Bertz CT molecular complexity index is 134. The van der Waals surface area contributed by atoms with E-state index in [1.54, 1.807) is 0 Å². The lowest BCUT2D eigenvalue weighted by Gasteiger charge is -2.15. The molecule has 0 fully saturated rings. The zero-order chi connectivity index (χ0) is 9.07. The molecule has 0 bridgehead atoms. The second-order valence-corrected chi connectivity index (χ2v) is 2.51. The number of carbonyl (C=O) groups excluding carboxylic acids is 1. The highest BCUT2D eigenvalue weighted by Gasteiger charge is 2.31. The van der Waals surface area contributed by atoms with Gasteiger partial charge in [-0.05, 0) is 5.92 Å². The van der Waals surface area contributed by atoms with Crippen molar-refractivity contribution in [3.63, 3.8) is 0 Å². The Labute approximate surface area is 62.6 Å². The van der Waals surface area contributed by atoms with Gasteiger partial charge in [0.2, 0.25) is 0 Å². The van der Waals surface area contributed by atoms with Crippen molar-refractivity contribution in [1.29, 1.82) is 0 Å². The van der Waals surface area contributed by atoms with Gasteiger partial charge in [-0.3, -0.25) is 0 Å². The molecule has 0 aromatic heterocycles. The fourth-order valence-corrected chi connectivity index (χ4v) is 0.635. The van der Waals surface area contributed by atoms with Crippen molar-refractivity contribution >= 4 is 6.29 Å². The van der Waals surface area contributed by atoms with Gasteiger partial charge in [0, 0.05) is 6.42 Å².